The molecule has 1 aliphatic heterocycles. The second-order valence-corrected chi connectivity index (χ2v) is 7.23. The van der Waals surface area contributed by atoms with Crippen molar-refractivity contribution in [3.05, 3.63) is 54.5 Å². The number of phenolic OH excluding ortho intramolecular Hbond substituents is 1. The van der Waals surface area contributed by atoms with E-state index in [4.69, 9.17) is 0 Å². The Morgan fingerprint density at radius 3 is 2.37 bits per heavy atom. The fraction of sp³-hybridized carbons (Fsp3) is 0.118. The number of carbonyl (C=O) groups is 1. The zero-order valence-corrected chi connectivity index (χ0v) is 15.1. The number of hydrogen-bond donors (Lipinski definition) is 5. The van der Waals surface area contributed by atoms with Crippen LogP contribution in [0.3, 0.4) is 0 Å². The third-order valence-corrected chi connectivity index (χ3v) is 5.05. The highest BCUT2D eigenvalue weighted by molar-refractivity contribution is 7.91. The molecule has 0 fully saturated rings. The van der Waals surface area contributed by atoms with Crippen molar-refractivity contribution in [3.63, 3.8) is 0 Å². The number of carbonyl (C=O) groups excluding carboxylic acids is 1. The summed E-state index contributed by atoms with van der Waals surface area (Å²) >= 11 is 0. The number of nitrogens with zero attached hydrogens (tertiary/aromatic N) is 1. The molecule has 2 amide bonds. The highest BCUT2D eigenvalue weighted by Crippen LogP contribution is 2.35. The lowest BCUT2D eigenvalue weighted by molar-refractivity contribution is 0.252. The standard InChI is InChI=1S/C17H18N4O5S/c1-2-18-17(24)19-13-6-3-11(4-7-13)12-5-8-15(22)14(9-12)21-10-16(23)20-27(21,25)26/h3-10,20,22-23H,2H2,1H3,(H2,18,19,24). The topological polar surface area (TPSA) is 131 Å². The average molecular weight is 390 g/mol. The van der Waals surface area contributed by atoms with Gasteiger partial charge in [0.15, 0.2) is 0 Å². The van der Waals surface area contributed by atoms with Crippen LogP contribution in [0.25, 0.3) is 11.1 Å². The number of anilines is 2. The first-order chi connectivity index (χ1) is 12.8. The zero-order chi connectivity index (χ0) is 19.6. The summed E-state index contributed by atoms with van der Waals surface area (Å²) in [5, 5.41) is 24.8. The summed E-state index contributed by atoms with van der Waals surface area (Å²) in [6, 6.07) is 11.1. The molecule has 2 aromatic carbocycles. The molecule has 0 radical (unpaired) electrons. The van der Waals surface area contributed by atoms with E-state index in [-0.39, 0.29) is 17.5 Å². The van der Waals surface area contributed by atoms with Crippen LogP contribution in [0.2, 0.25) is 0 Å². The van der Waals surface area contributed by atoms with Gasteiger partial charge in [-0.2, -0.15) is 8.42 Å². The van der Waals surface area contributed by atoms with Gasteiger partial charge in [-0.15, -0.1) is 0 Å². The van der Waals surface area contributed by atoms with E-state index in [0.717, 1.165) is 16.1 Å². The molecule has 0 unspecified atom stereocenters. The molecule has 1 aliphatic rings. The van der Waals surface area contributed by atoms with Crippen LogP contribution in [-0.4, -0.2) is 31.2 Å². The van der Waals surface area contributed by atoms with Crippen molar-refractivity contribution in [1.29, 1.82) is 0 Å². The Balaban J connectivity index is 1.89. The molecule has 142 valence electrons. The maximum Gasteiger partial charge on any atom is 0.330 e. The number of benzene rings is 2. The predicted molar refractivity (Wildman–Crippen MR) is 101 cm³/mol. The Morgan fingerprint density at radius 1 is 1.11 bits per heavy atom. The fourth-order valence-electron chi connectivity index (χ4n) is 2.55. The summed E-state index contributed by atoms with van der Waals surface area (Å²) in [5.74, 6) is -0.801. The summed E-state index contributed by atoms with van der Waals surface area (Å²) in [6.45, 7) is 2.33. The third kappa shape index (κ3) is 3.90. The molecule has 0 aromatic heterocycles. The van der Waals surface area contributed by atoms with Crippen LogP contribution >= 0.6 is 0 Å². The molecule has 0 saturated carbocycles. The van der Waals surface area contributed by atoms with Gasteiger partial charge in [0.05, 0.1) is 6.20 Å². The number of aliphatic hydroxyl groups excluding tert-OH is 1. The maximum atomic E-state index is 12.0. The molecular formula is C17H18N4O5S. The Kier molecular flexibility index (Phi) is 4.82. The summed E-state index contributed by atoms with van der Waals surface area (Å²) < 4.78 is 26.7. The molecule has 0 atom stereocenters. The molecule has 1 heterocycles. The highest BCUT2D eigenvalue weighted by Gasteiger charge is 2.30. The molecule has 0 bridgehead atoms. The molecule has 9 nitrogen and oxygen atoms in total. The van der Waals surface area contributed by atoms with E-state index in [1.807, 2.05) is 11.6 Å². The van der Waals surface area contributed by atoms with Gasteiger partial charge in [0.2, 0.25) is 5.88 Å². The Bertz CT molecular complexity index is 1000. The molecule has 0 spiro atoms. The van der Waals surface area contributed by atoms with Gasteiger partial charge in [-0.25, -0.2) is 13.8 Å². The van der Waals surface area contributed by atoms with Crippen molar-refractivity contribution in [2.75, 3.05) is 16.2 Å². The molecule has 0 saturated heterocycles. The minimum Gasteiger partial charge on any atom is -0.506 e. The van der Waals surface area contributed by atoms with Crippen LogP contribution in [-0.2, 0) is 10.2 Å². The number of aromatic hydroxyl groups is 1. The zero-order valence-electron chi connectivity index (χ0n) is 14.3. The van der Waals surface area contributed by atoms with Gasteiger partial charge in [-0.05, 0) is 42.3 Å². The highest BCUT2D eigenvalue weighted by atomic mass is 32.2. The van der Waals surface area contributed by atoms with Crippen molar-refractivity contribution in [2.24, 2.45) is 0 Å². The van der Waals surface area contributed by atoms with Crippen LogP contribution in [0.4, 0.5) is 16.2 Å². The first-order valence-electron chi connectivity index (χ1n) is 8.01. The number of rotatable bonds is 4. The first kappa shape index (κ1) is 18.4. The van der Waals surface area contributed by atoms with Crippen molar-refractivity contribution >= 4 is 27.6 Å². The SMILES string of the molecule is CCNC(=O)Nc1ccc(-c2ccc(O)c(N3C=C(O)NS3(=O)=O)c2)cc1. The number of phenols is 1. The van der Waals surface area contributed by atoms with Crippen molar-refractivity contribution in [3.8, 4) is 16.9 Å². The lowest BCUT2D eigenvalue weighted by atomic mass is 10.0. The van der Waals surface area contributed by atoms with E-state index in [2.05, 4.69) is 10.6 Å². The molecule has 3 rings (SSSR count). The fourth-order valence-corrected chi connectivity index (χ4v) is 3.61. The number of nitrogens with one attached hydrogen (secondary N) is 3. The van der Waals surface area contributed by atoms with Gasteiger partial charge >= 0.3 is 16.2 Å². The van der Waals surface area contributed by atoms with Gasteiger partial charge in [0.25, 0.3) is 0 Å². The van der Waals surface area contributed by atoms with Crippen molar-refractivity contribution in [2.45, 2.75) is 6.92 Å². The molecular weight excluding hydrogens is 372 g/mol. The number of amides is 2. The van der Waals surface area contributed by atoms with Crippen molar-refractivity contribution in [1.82, 2.24) is 10.0 Å². The lowest BCUT2D eigenvalue weighted by Gasteiger charge is -2.16. The smallest absolute Gasteiger partial charge is 0.330 e. The Morgan fingerprint density at radius 2 is 1.78 bits per heavy atom. The van der Waals surface area contributed by atoms with Gasteiger partial charge in [-0.1, -0.05) is 18.2 Å². The van der Waals surface area contributed by atoms with Gasteiger partial charge in [0, 0.05) is 12.2 Å². The number of urea groups is 1. The van der Waals surface area contributed by atoms with Crippen LogP contribution in [0.5, 0.6) is 5.75 Å². The summed E-state index contributed by atoms with van der Waals surface area (Å²) in [7, 11) is -4.01. The molecule has 27 heavy (non-hydrogen) atoms. The Hall–Kier alpha value is -3.40. The van der Waals surface area contributed by atoms with E-state index in [1.54, 1.807) is 30.3 Å². The van der Waals surface area contributed by atoms with Gasteiger partial charge in [0.1, 0.15) is 11.4 Å². The first-order valence-corrected chi connectivity index (χ1v) is 9.45. The molecule has 10 heteroatoms. The van der Waals surface area contributed by atoms with E-state index in [9.17, 15) is 23.4 Å². The van der Waals surface area contributed by atoms with E-state index in [1.165, 1.54) is 12.1 Å². The quantitative estimate of drug-likeness (QED) is 0.546. The normalized spacial score (nSPS) is 15.0. The second kappa shape index (κ2) is 7.08. The second-order valence-electron chi connectivity index (χ2n) is 5.68. The van der Waals surface area contributed by atoms with E-state index < -0.39 is 16.1 Å². The number of hydrogen-bond acceptors (Lipinski definition) is 5. The van der Waals surface area contributed by atoms with Crippen LogP contribution in [0, 0.1) is 0 Å². The van der Waals surface area contributed by atoms with Crippen LogP contribution in [0.1, 0.15) is 6.92 Å². The summed E-state index contributed by atoms with van der Waals surface area (Å²) in [6.07, 6.45) is 0.966. The minimum atomic E-state index is -4.01. The molecule has 2 aromatic rings. The maximum absolute atomic E-state index is 12.0. The van der Waals surface area contributed by atoms with Crippen LogP contribution in [0.15, 0.2) is 54.5 Å². The van der Waals surface area contributed by atoms with Crippen LogP contribution < -0.4 is 19.7 Å². The van der Waals surface area contributed by atoms with E-state index in [0.29, 0.717) is 17.8 Å². The third-order valence-electron chi connectivity index (χ3n) is 3.76. The minimum absolute atomic E-state index is 0.00595. The lowest BCUT2D eigenvalue weighted by Crippen LogP contribution is -2.29. The van der Waals surface area contributed by atoms with Gasteiger partial charge in [-0.3, -0.25) is 0 Å². The molecule has 0 aliphatic carbocycles. The van der Waals surface area contributed by atoms with Crippen molar-refractivity contribution < 1.29 is 23.4 Å². The monoisotopic (exact) mass is 390 g/mol. The number of aliphatic hydroxyl groups is 1. The van der Waals surface area contributed by atoms with Gasteiger partial charge < -0.3 is 20.8 Å². The average Bonchev–Trinajstić information content (AvgIpc) is 2.88. The van der Waals surface area contributed by atoms with E-state index >= 15 is 0 Å². The summed E-state index contributed by atoms with van der Waals surface area (Å²) in [5.41, 5.74) is 1.98. The largest absolute Gasteiger partial charge is 0.506 e. The predicted octanol–water partition coefficient (Wildman–Crippen LogP) is 2.21. The molecule has 5 N–H and O–H groups in total. The summed E-state index contributed by atoms with van der Waals surface area (Å²) in [4.78, 5) is 11.5. The Labute approximate surface area is 156 Å².